The second-order valence-corrected chi connectivity index (χ2v) is 4.40. The monoisotopic (exact) mass is 202 g/mol. The zero-order chi connectivity index (χ0) is 11.2. The molecule has 0 aromatic heterocycles. The maximum Gasteiger partial charge on any atom is 0.311 e. The van der Waals surface area contributed by atoms with Gasteiger partial charge >= 0.3 is 5.97 Å². The minimum absolute atomic E-state index is 0.151. The Balaban J connectivity index is 3.71. The van der Waals surface area contributed by atoms with Crippen LogP contribution in [0.2, 0.25) is 0 Å². The van der Waals surface area contributed by atoms with Gasteiger partial charge in [0.1, 0.15) is 0 Å². The van der Waals surface area contributed by atoms with Gasteiger partial charge < -0.3 is 9.47 Å². The Labute approximate surface area is 86.8 Å². The van der Waals surface area contributed by atoms with Crippen LogP contribution in [0, 0.1) is 5.41 Å². The standard InChI is InChI=1S/C11H22O3/c1-9(2)14-8-6-7-11(3,4)10(12)13-5/h9H,6-8H2,1-5H3. The van der Waals surface area contributed by atoms with Gasteiger partial charge in [0.25, 0.3) is 0 Å². The lowest BCUT2D eigenvalue weighted by Crippen LogP contribution is -2.26. The Morgan fingerprint density at radius 1 is 1.36 bits per heavy atom. The van der Waals surface area contributed by atoms with Gasteiger partial charge in [-0.25, -0.2) is 0 Å². The van der Waals surface area contributed by atoms with Gasteiger partial charge in [0, 0.05) is 6.61 Å². The van der Waals surface area contributed by atoms with Gasteiger partial charge in [-0.05, 0) is 40.5 Å². The third-order valence-electron chi connectivity index (χ3n) is 2.14. The summed E-state index contributed by atoms with van der Waals surface area (Å²) < 4.78 is 10.1. The van der Waals surface area contributed by atoms with E-state index in [4.69, 9.17) is 9.47 Å². The third kappa shape index (κ3) is 5.22. The maximum absolute atomic E-state index is 11.3. The predicted octanol–water partition coefficient (Wildman–Crippen LogP) is 2.39. The fraction of sp³-hybridized carbons (Fsp3) is 0.909. The summed E-state index contributed by atoms with van der Waals surface area (Å²) in [6.07, 6.45) is 1.95. The third-order valence-corrected chi connectivity index (χ3v) is 2.14. The Hall–Kier alpha value is -0.570. The van der Waals surface area contributed by atoms with Gasteiger partial charge in [0.15, 0.2) is 0 Å². The second-order valence-electron chi connectivity index (χ2n) is 4.40. The molecule has 3 heteroatoms. The van der Waals surface area contributed by atoms with Crippen LogP contribution >= 0.6 is 0 Å². The summed E-state index contributed by atoms with van der Waals surface area (Å²) in [5, 5.41) is 0. The first-order valence-electron chi connectivity index (χ1n) is 5.10. The Morgan fingerprint density at radius 3 is 2.36 bits per heavy atom. The average Bonchev–Trinajstić information content (AvgIpc) is 2.10. The highest BCUT2D eigenvalue weighted by Gasteiger charge is 2.27. The summed E-state index contributed by atoms with van der Waals surface area (Å²) in [4.78, 5) is 11.3. The molecule has 14 heavy (non-hydrogen) atoms. The number of esters is 1. The smallest absolute Gasteiger partial charge is 0.311 e. The Morgan fingerprint density at radius 2 is 1.93 bits per heavy atom. The van der Waals surface area contributed by atoms with Crippen LogP contribution < -0.4 is 0 Å². The molecule has 0 aliphatic carbocycles. The predicted molar refractivity (Wildman–Crippen MR) is 56.1 cm³/mol. The Bertz CT molecular complexity index is 173. The molecule has 3 nitrogen and oxygen atoms in total. The van der Waals surface area contributed by atoms with Crippen LogP contribution in [0.4, 0.5) is 0 Å². The normalized spacial score (nSPS) is 11.9. The van der Waals surface area contributed by atoms with Gasteiger partial charge in [-0.1, -0.05) is 0 Å². The summed E-state index contributed by atoms with van der Waals surface area (Å²) in [7, 11) is 1.43. The first-order chi connectivity index (χ1) is 6.40. The molecule has 0 saturated heterocycles. The van der Waals surface area contributed by atoms with Crippen molar-refractivity contribution in [3.05, 3.63) is 0 Å². The fourth-order valence-corrected chi connectivity index (χ4v) is 1.21. The van der Waals surface area contributed by atoms with Crippen LogP contribution in [-0.2, 0) is 14.3 Å². The highest BCUT2D eigenvalue weighted by Crippen LogP contribution is 2.23. The second kappa shape index (κ2) is 6.02. The number of methoxy groups -OCH3 is 1. The molecule has 0 aromatic rings. The first kappa shape index (κ1) is 13.4. The van der Waals surface area contributed by atoms with Crippen molar-refractivity contribution in [1.82, 2.24) is 0 Å². The lowest BCUT2D eigenvalue weighted by molar-refractivity contribution is -0.151. The van der Waals surface area contributed by atoms with Crippen molar-refractivity contribution in [2.45, 2.75) is 46.6 Å². The Kier molecular flexibility index (Phi) is 5.77. The molecule has 0 fully saturated rings. The lowest BCUT2D eigenvalue weighted by Gasteiger charge is -2.21. The molecule has 0 unspecified atom stereocenters. The van der Waals surface area contributed by atoms with Crippen molar-refractivity contribution < 1.29 is 14.3 Å². The maximum atomic E-state index is 11.3. The molecule has 0 rings (SSSR count). The van der Waals surface area contributed by atoms with E-state index in [2.05, 4.69) is 0 Å². The van der Waals surface area contributed by atoms with Crippen LogP contribution in [0.5, 0.6) is 0 Å². The van der Waals surface area contributed by atoms with E-state index in [-0.39, 0.29) is 12.1 Å². The summed E-state index contributed by atoms with van der Waals surface area (Å²) in [6.45, 7) is 8.51. The molecule has 0 N–H and O–H groups in total. The van der Waals surface area contributed by atoms with E-state index < -0.39 is 5.41 Å². The largest absolute Gasteiger partial charge is 0.469 e. The molecule has 0 aliphatic rings. The van der Waals surface area contributed by atoms with Gasteiger partial charge in [-0.3, -0.25) is 4.79 Å². The molecule has 0 heterocycles. The van der Waals surface area contributed by atoms with Crippen molar-refractivity contribution in [1.29, 1.82) is 0 Å². The van der Waals surface area contributed by atoms with Gasteiger partial charge in [0.2, 0.25) is 0 Å². The molecule has 0 bridgehead atoms. The fourth-order valence-electron chi connectivity index (χ4n) is 1.21. The summed E-state index contributed by atoms with van der Waals surface area (Å²) in [6, 6.07) is 0. The van der Waals surface area contributed by atoms with Gasteiger partial charge in [0.05, 0.1) is 18.6 Å². The highest BCUT2D eigenvalue weighted by atomic mass is 16.5. The number of carbonyl (C=O) groups excluding carboxylic acids is 1. The molecular formula is C11H22O3. The summed E-state index contributed by atoms with van der Waals surface area (Å²) in [5.41, 5.74) is -0.394. The van der Waals surface area contributed by atoms with Gasteiger partial charge in [-0.15, -0.1) is 0 Å². The number of ether oxygens (including phenoxy) is 2. The molecule has 0 saturated carbocycles. The van der Waals surface area contributed by atoms with Crippen molar-refractivity contribution in [2.24, 2.45) is 5.41 Å². The van der Waals surface area contributed by atoms with Crippen molar-refractivity contribution in [3.8, 4) is 0 Å². The van der Waals surface area contributed by atoms with E-state index in [1.165, 1.54) is 7.11 Å². The van der Waals surface area contributed by atoms with Crippen LogP contribution in [0.1, 0.15) is 40.5 Å². The van der Waals surface area contributed by atoms with E-state index in [9.17, 15) is 4.79 Å². The van der Waals surface area contributed by atoms with Crippen LogP contribution in [0.3, 0.4) is 0 Å². The summed E-state index contributed by atoms with van der Waals surface area (Å²) in [5.74, 6) is -0.151. The van der Waals surface area contributed by atoms with E-state index in [0.29, 0.717) is 6.61 Å². The van der Waals surface area contributed by atoms with E-state index in [1.54, 1.807) is 0 Å². The number of carbonyl (C=O) groups is 1. The first-order valence-corrected chi connectivity index (χ1v) is 5.10. The van der Waals surface area contributed by atoms with Crippen LogP contribution in [0.15, 0.2) is 0 Å². The SMILES string of the molecule is COC(=O)C(C)(C)CCCOC(C)C. The molecule has 0 aromatic carbocycles. The quantitative estimate of drug-likeness (QED) is 0.490. The van der Waals surface area contributed by atoms with Crippen LogP contribution in [-0.4, -0.2) is 25.8 Å². The number of hydrogen-bond donors (Lipinski definition) is 0. The van der Waals surface area contributed by atoms with Crippen LogP contribution in [0.25, 0.3) is 0 Å². The zero-order valence-electron chi connectivity index (χ0n) is 9.92. The minimum atomic E-state index is -0.394. The number of rotatable bonds is 6. The highest BCUT2D eigenvalue weighted by molar-refractivity contribution is 5.75. The average molecular weight is 202 g/mol. The molecule has 0 amide bonds. The summed E-state index contributed by atoms with van der Waals surface area (Å²) >= 11 is 0. The molecule has 0 spiro atoms. The lowest BCUT2D eigenvalue weighted by atomic mass is 9.88. The van der Waals surface area contributed by atoms with Crippen molar-refractivity contribution in [3.63, 3.8) is 0 Å². The topological polar surface area (TPSA) is 35.5 Å². The van der Waals surface area contributed by atoms with E-state index in [1.807, 2.05) is 27.7 Å². The molecule has 0 atom stereocenters. The molecule has 0 aliphatic heterocycles. The van der Waals surface area contributed by atoms with Crippen molar-refractivity contribution in [2.75, 3.05) is 13.7 Å². The molecule has 84 valence electrons. The molecular weight excluding hydrogens is 180 g/mol. The molecule has 0 radical (unpaired) electrons. The van der Waals surface area contributed by atoms with E-state index in [0.717, 1.165) is 12.8 Å². The minimum Gasteiger partial charge on any atom is -0.469 e. The van der Waals surface area contributed by atoms with Gasteiger partial charge in [-0.2, -0.15) is 0 Å². The van der Waals surface area contributed by atoms with E-state index >= 15 is 0 Å². The van der Waals surface area contributed by atoms with Crippen molar-refractivity contribution >= 4 is 5.97 Å². The number of hydrogen-bond acceptors (Lipinski definition) is 3. The zero-order valence-corrected chi connectivity index (χ0v) is 9.92.